The van der Waals surface area contributed by atoms with Gasteiger partial charge in [-0.25, -0.2) is 0 Å². The fraction of sp³-hybridized carbons (Fsp3) is 0.577. The molecule has 5 rings (SSSR count). The minimum Gasteiger partial charge on any atom is -0.460 e. The van der Waals surface area contributed by atoms with E-state index in [-0.39, 0.29) is 30.3 Å². The number of likely N-dealkylation sites (tertiary alicyclic amines) is 1. The van der Waals surface area contributed by atoms with Crippen LogP contribution in [0.15, 0.2) is 18.2 Å². The van der Waals surface area contributed by atoms with E-state index in [1.54, 1.807) is 12.1 Å². The van der Waals surface area contributed by atoms with E-state index in [4.69, 9.17) is 4.74 Å². The molecule has 4 heterocycles. The molecule has 0 aromatic heterocycles. The molecule has 1 aromatic rings. The van der Waals surface area contributed by atoms with Gasteiger partial charge in [0.2, 0.25) is 11.8 Å². The molecule has 1 aromatic carbocycles. The lowest BCUT2D eigenvalue weighted by molar-refractivity contribution is -0.167. The lowest BCUT2D eigenvalue weighted by Crippen LogP contribution is -2.58. The maximum absolute atomic E-state index is 13.1. The van der Waals surface area contributed by atoms with Crippen LogP contribution < -0.4 is 10.2 Å². The van der Waals surface area contributed by atoms with Crippen molar-refractivity contribution in [2.75, 3.05) is 31.1 Å². The van der Waals surface area contributed by atoms with E-state index >= 15 is 0 Å². The maximum Gasteiger partial charge on any atom is 0.312 e. The molecule has 0 radical (unpaired) electrons. The van der Waals surface area contributed by atoms with Crippen molar-refractivity contribution < 1.29 is 28.7 Å². The van der Waals surface area contributed by atoms with E-state index in [1.807, 2.05) is 26.8 Å². The molecule has 36 heavy (non-hydrogen) atoms. The van der Waals surface area contributed by atoms with Crippen molar-refractivity contribution in [2.45, 2.75) is 64.1 Å². The van der Waals surface area contributed by atoms with E-state index in [1.165, 1.54) is 0 Å². The highest BCUT2D eigenvalue weighted by atomic mass is 16.6. The summed E-state index contributed by atoms with van der Waals surface area (Å²) in [6.07, 6.45) is 2.11. The Hall–Kier alpha value is -3.27. The standard InChI is InChI=1S/C26H32N4O6/c1-26(2,3)36-25(35)15-13-29(14-15)16-8-10-28(11-9-16)17-4-5-18-19(12-17)24(34)30(23(18)33)20-6-7-21(31)27-22(20)32/h4-5,12,15-16,20H,6-11,13-14H2,1-3H3,(H,27,31,32). The normalized spacial score (nSPS) is 24.0. The van der Waals surface area contributed by atoms with Crippen molar-refractivity contribution >= 4 is 35.3 Å². The van der Waals surface area contributed by atoms with Crippen molar-refractivity contribution in [1.82, 2.24) is 15.1 Å². The minimum absolute atomic E-state index is 0.0603. The van der Waals surface area contributed by atoms with E-state index in [0.717, 1.165) is 49.6 Å². The first-order valence-corrected chi connectivity index (χ1v) is 12.6. The van der Waals surface area contributed by atoms with Crippen LogP contribution in [-0.2, 0) is 19.1 Å². The summed E-state index contributed by atoms with van der Waals surface area (Å²) in [5.41, 5.74) is 0.988. The molecule has 0 aliphatic carbocycles. The van der Waals surface area contributed by atoms with Gasteiger partial charge in [0.1, 0.15) is 11.6 Å². The Bertz CT molecular complexity index is 1130. The number of anilines is 1. The first-order chi connectivity index (χ1) is 17.0. The van der Waals surface area contributed by atoms with Crippen molar-refractivity contribution in [3.8, 4) is 0 Å². The number of nitrogens with zero attached hydrogens (tertiary/aromatic N) is 3. The first-order valence-electron chi connectivity index (χ1n) is 12.6. The number of amides is 4. The second-order valence-electron chi connectivity index (χ2n) is 11.1. The Labute approximate surface area is 209 Å². The molecule has 3 saturated heterocycles. The molecule has 0 saturated carbocycles. The molecular weight excluding hydrogens is 464 g/mol. The number of esters is 1. The Balaban J connectivity index is 1.18. The van der Waals surface area contributed by atoms with Crippen molar-refractivity contribution in [2.24, 2.45) is 5.92 Å². The van der Waals surface area contributed by atoms with Crippen LogP contribution in [0.5, 0.6) is 0 Å². The van der Waals surface area contributed by atoms with E-state index in [2.05, 4.69) is 15.1 Å². The molecule has 3 fully saturated rings. The number of imide groups is 2. The second kappa shape index (κ2) is 8.99. The number of carbonyl (C=O) groups is 5. The van der Waals surface area contributed by atoms with Crippen LogP contribution in [-0.4, -0.2) is 83.3 Å². The fourth-order valence-electron chi connectivity index (χ4n) is 5.49. The topological polar surface area (TPSA) is 116 Å². The van der Waals surface area contributed by atoms with Gasteiger partial charge in [-0.15, -0.1) is 0 Å². The van der Waals surface area contributed by atoms with Crippen molar-refractivity contribution in [3.63, 3.8) is 0 Å². The summed E-state index contributed by atoms with van der Waals surface area (Å²) < 4.78 is 5.50. The van der Waals surface area contributed by atoms with Crippen LogP contribution >= 0.6 is 0 Å². The van der Waals surface area contributed by atoms with Crippen molar-refractivity contribution in [1.29, 1.82) is 0 Å². The predicted molar refractivity (Wildman–Crippen MR) is 129 cm³/mol. The summed E-state index contributed by atoms with van der Waals surface area (Å²) in [6.45, 7) is 8.70. The van der Waals surface area contributed by atoms with Gasteiger partial charge in [-0.3, -0.25) is 39.1 Å². The second-order valence-corrected chi connectivity index (χ2v) is 11.1. The fourth-order valence-corrected chi connectivity index (χ4v) is 5.49. The molecule has 10 heteroatoms. The third-order valence-corrected chi connectivity index (χ3v) is 7.42. The van der Waals surface area contributed by atoms with E-state index < -0.39 is 35.3 Å². The summed E-state index contributed by atoms with van der Waals surface area (Å²) in [5.74, 6) is -2.17. The third-order valence-electron chi connectivity index (χ3n) is 7.42. The molecule has 1 unspecified atom stereocenters. The quantitative estimate of drug-likeness (QED) is 0.490. The summed E-state index contributed by atoms with van der Waals surface area (Å²) >= 11 is 0. The summed E-state index contributed by atoms with van der Waals surface area (Å²) in [5, 5.41) is 2.22. The summed E-state index contributed by atoms with van der Waals surface area (Å²) in [4.78, 5) is 67.6. The molecule has 1 N–H and O–H groups in total. The molecule has 10 nitrogen and oxygen atoms in total. The van der Waals surface area contributed by atoms with Gasteiger partial charge >= 0.3 is 5.97 Å². The molecule has 0 spiro atoms. The highest BCUT2D eigenvalue weighted by Crippen LogP contribution is 2.33. The number of hydrogen-bond donors (Lipinski definition) is 1. The molecule has 4 amide bonds. The third kappa shape index (κ3) is 4.50. The van der Waals surface area contributed by atoms with Crippen LogP contribution in [0, 0.1) is 5.92 Å². The van der Waals surface area contributed by atoms with Gasteiger partial charge in [-0.1, -0.05) is 0 Å². The zero-order chi connectivity index (χ0) is 25.8. The number of benzene rings is 1. The van der Waals surface area contributed by atoms with Gasteiger partial charge in [-0.2, -0.15) is 0 Å². The van der Waals surface area contributed by atoms with Gasteiger partial charge in [0.05, 0.1) is 17.0 Å². The smallest absolute Gasteiger partial charge is 0.312 e. The van der Waals surface area contributed by atoms with Crippen LogP contribution in [0.2, 0.25) is 0 Å². The minimum atomic E-state index is -0.963. The van der Waals surface area contributed by atoms with Gasteiger partial charge in [-0.05, 0) is 58.2 Å². The van der Waals surface area contributed by atoms with Crippen molar-refractivity contribution in [3.05, 3.63) is 29.3 Å². The highest BCUT2D eigenvalue weighted by molar-refractivity contribution is 6.23. The predicted octanol–water partition coefficient (Wildman–Crippen LogP) is 1.33. The molecular formula is C26H32N4O6. The average molecular weight is 497 g/mol. The Morgan fingerprint density at radius 2 is 1.64 bits per heavy atom. The number of fused-ring (bicyclic) bond motifs is 1. The van der Waals surface area contributed by atoms with Gasteiger partial charge in [0, 0.05) is 44.3 Å². The van der Waals surface area contributed by atoms with Gasteiger partial charge < -0.3 is 9.64 Å². The number of nitrogens with one attached hydrogen (secondary N) is 1. The monoisotopic (exact) mass is 496 g/mol. The maximum atomic E-state index is 13.1. The van der Waals surface area contributed by atoms with Crippen LogP contribution in [0.1, 0.15) is 67.2 Å². The molecule has 1 atom stereocenters. The number of ether oxygens (including phenoxy) is 1. The van der Waals surface area contributed by atoms with E-state index in [0.29, 0.717) is 11.6 Å². The lowest BCUT2D eigenvalue weighted by Gasteiger charge is -2.47. The molecule has 192 valence electrons. The van der Waals surface area contributed by atoms with Crippen LogP contribution in [0.4, 0.5) is 5.69 Å². The Morgan fingerprint density at radius 1 is 0.972 bits per heavy atom. The van der Waals surface area contributed by atoms with Crippen LogP contribution in [0.3, 0.4) is 0 Å². The number of hydrogen-bond acceptors (Lipinski definition) is 8. The largest absolute Gasteiger partial charge is 0.460 e. The Kier molecular flexibility index (Phi) is 6.10. The Morgan fingerprint density at radius 3 is 2.28 bits per heavy atom. The molecule has 4 aliphatic rings. The van der Waals surface area contributed by atoms with E-state index in [9.17, 15) is 24.0 Å². The SMILES string of the molecule is CC(C)(C)OC(=O)C1CN(C2CCN(c3ccc4c(c3)C(=O)N(C3CCC(=O)NC3=O)C4=O)CC2)C1. The highest BCUT2D eigenvalue weighted by Gasteiger charge is 2.45. The van der Waals surface area contributed by atoms with Crippen LogP contribution in [0.25, 0.3) is 0 Å². The molecule has 0 bridgehead atoms. The lowest BCUT2D eigenvalue weighted by atomic mass is 9.93. The zero-order valence-corrected chi connectivity index (χ0v) is 20.9. The first kappa shape index (κ1) is 24.4. The average Bonchev–Trinajstić information content (AvgIpc) is 3.02. The van der Waals surface area contributed by atoms with Gasteiger partial charge in [0.25, 0.3) is 11.8 Å². The number of rotatable bonds is 4. The van der Waals surface area contributed by atoms with Gasteiger partial charge in [0.15, 0.2) is 0 Å². The summed E-state index contributed by atoms with van der Waals surface area (Å²) in [7, 11) is 0. The summed E-state index contributed by atoms with van der Waals surface area (Å²) in [6, 6.07) is 4.68. The number of piperidine rings is 2. The zero-order valence-electron chi connectivity index (χ0n) is 20.9. The number of carbonyl (C=O) groups excluding carboxylic acids is 5. The molecule has 4 aliphatic heterocycles.